The van der Waals surface area contributed by atoms with E-state index in [1.807, 2.05) is 0 Å². The van der Waals surface area contributed by atoms with Gasteiger partial charge in [-0.1, -0.05) is 6.92 Å². The lowest BCUT2D eigenvalue weighted by molar-refractivity contribution is -0.120. The van der Waals surface area contributed by atoms with Crippen molar-refractivity contribution in [3.8, 4) is 0 Å². The largest absolute Gasteiger partial charge is 0.379 e. The van der Waals surface area contributed by atoms with Crippen molar-refractivity contribution in [2.75, 3.05) is 46.4 Å². The third kappa shape index (κ3) is 3.63. The van der Waals surface area contributed by atoms with Gasteiger partial charge in [-0.05, 0) is 0 Å². The molecule has 1 saturated heterocycles. The molecule has 0 aliphatic carbocycles. The third-order valence-electron chi connectivity index (χ3n) is 2.57. The molecular formula is C9H19N3O4S. The zero-order chi connectivity index (χ0) is 12.9. The van der Waals surface area contributed by atoms with Crippen LogP contribution in [0.2, 0.25) is 0 Å². The van der Waals surface area contributed by atoms with Crippen molar-refractivity contribution in [2.45, 2.75) is 6.92 Å². The number of likely N-dealkylation sites (N-methyl/N-ethyl adjacent to an activating group) is 2. The molecule has 0 spiro atoms. The molecule has 1 N–H and O–H groups in total. The van der Waals surface area contributed by atoms with E-state index in [9.17, 15) is 13.2 Å². The fourth-order valence-electron chi connectivity index (χ4n) is 1.54. The lowest BCUT2D eigenvalue weighted by Gasteiger charge is -2.31. The van der Waals surface area contributed by atoms with E-state index in [-0.39, 0.29) is 19.0 Å². The summed E-state index contributed by atoms with van der Waals surface area (Å²) in [6.07, 6.45) is 0. The van der Waals surface area contributed by atoms with E-state index in [0.29, 0.717) is 26.3 Å². The van der Waals surface area contributed by atoms with Crippen molar-refractivity contribution >= 4 is 16.1 Å². The molecule has 8 heteroatoms. The van der Waals surface area contributed by atoms with Crippen LogP contribution in [0.1, 0.15) is 6.92 Å². The predicted octanol–water partition coefficient (Wildman–Crippen LogP) is -1.37. The number of rotatable bonds is 5. The molecule has 0 aromatic heterocycles. The normalized spacial score (nSPS) is 18.3. The Kier molecular flexibility index (Phi) is 5.31. The minimum atomic E-state index is -3.55. The van der Waals surface area contributed by atoms with Crippen LogP contribution in [-0.4, -0.2) is 69.4 Å². The lowest BCUT2D eigenvalue weighted by Crippen LogP contribution is -2.50. The van der Waals surface area contributed by atoms with Gasteiger partial charge in [-0.25, -0.2) is 0 Å². The molecule has 1 aliphatic heterocycles. The zero-order valence-electron chi connectivity index (χ0n) is 10.2. The SMILES string of the molecule is CCN(CC(=O)NC)S(=O)(=O)N1CCOCC1. The van der Waals surface area contributed by atoms with Crippen LogP contribution in [0.3, 0.4) is 0 Å². The molecule has 0 unspecified atom stereocenters. The summed E-state index contributed by atoms with van der Waals surface area (Å²) in [6.45, 7) is 3.31. The van der Waals surface area contributed by atoms with Crippen molar-refractivity contribution < 1.29 is 17.9 Å². The van der Waals surface area contributed by atoms with Crippen molar-refractivity contribution in [1.29, 1.82) is 0 Å². The quantitative estimate of drug-likeness (QED) is 0.665. The summed E-state index contributed by atoms with van der Waals surface area (Å²) >= 11 is 0. The van der Waals surface area contributed by atoms with E-state index in [0.717, 1.165) is 4.31 Å². The van der Waals surface area contributed by atoms with Gasteiger partial charge in [-0.2, -0.15) is 17.0 Å². The smallest absolute Gasteiger partial charge is 0.282 e. The summed E-state index contributed by atoms with van der Waals surface area (Å²) in [5, 5.41) is 2.42. The minimum absolute atomic E-state index is 0.146. The van der Waals surface area contributed by atoms with E-state index in [1.165, 1.54) is 11.4 Å². The molecule has 1 rings (SSSR count). The number of carbonyl (C=O) groups is 1. The number of carbonyl (C=O) groups excluding carboxylic acids is 1. The maximum Gasteiger partial charge on any atom is 0.282 e. The second-order valence-electron chi connectivity index (χ2n) is 3.62. The number of amides is 1. The Hall–Kier alpha value is -0.700. The highest BCUT2D eigenvalue weighted by atomic mass is 32.2. The molecule has 0 aromatic rings. The maximum absolute atomic E-state index is 12.2. The highest BCUT2D eigenvalue weighted by Gasteiger charge is 2.30. The van der Waals surface area contributed by atoms with E-state index in [1.54, 1.807) is 6.92 Å². The molecule has 0 bridgehead atoms. The molecule has 7 nitrogen and oxygen atoms in total. The molecule has 1 aliphatic rings. The minimum Gasteiger partial charge on any atom is -0.379 e. The van der Waals surface area contributed by atoms with Gasteiger partial charge in [0.1, 0.15) is 0 Å². The number of hydrogen-bond acceptors (Lipinski definition) is 4. The van der Waals surface area contributed by atoms with Crippen LogP contribution >= 0.6 is 0 Å². The summed E-state index contributed by atoms with van der Waals surface area (Å²) in [5.74, 6) is -0.316. The first-order valence-electron chi connectivity index (χ1n) is 5.56. The Labute approximate surface area is 102 Å². The average molecular weight is 265 g/mol. The molecule has 17 heavy (non-hydrogen) atoms. The molecule has 0 atom stereocenters. The Morgan fingerprint density at radius 2 is 2.00 bits per heavy atom. The lowest BCUT2D eigenvalue weighted by atomic mass is 10.5. The molecular weight excluding hydrogens is 246 g/mol. The van der Waals surface area contributed by atoms with Gasteiger partial charge in [0, 0.05) is 26.7 Å². The van der Waals surface area contributed by atoms with Gasteiger partial charge in [-0.3, -0.25) is 4.79 Å². The van der Waals surface area contributed by atoms with Crippen molar-refractivity contribution in [3.05, 3.63) is 0 Å². The highest BCUT2D eigenvalue weighted by Crippen LogP contribution is 2.10. The number of nitrogens with zero attached hydrogens (tertiary/aromatic N) is 2. The predicted molar refractivity (Wildman–Crippen MR) is 62.6 cm³/mol. The first-order valence-corrected chi connectivity index (χ1v) is 6.95. The summed E-state index contributed by atoms with van der Waals surface area (Å²) in [7, 11) is -2.07. The van der Waals surface area contributed by atoms with Gasteiger partial charge in [0.25, 0.3) is 10.2 Å². The second-order valence-corrected chi connectivity index (χ2v) is 5.55. The zero-order valence-corrected chi connectivity index (χ0v) is 11.0. The van der Waals surface area contributed by atoms with Crippen LogP contribution in [0.15, 0.2) is 0 Å². The van der Waals surface area contributed by atoms with Gasteiger partial charge in [0.05, 0.1) is 19.8 Å². The molecule has 0 aromatic carbocycles. The average Bonchev–Trinajstić information content (AvgIpc) is 2.36. The summed E-state index contributed by atoms with van der Waals surface area (Å²) in [5.41, 5.74) is 0. The van der Waals surface area contributed by atoms with Crippen LogP contribution in [0.5, 0.6) is 0 Å². The summed E-state index contributed by atoms with van der Waals surface area (Å²) < 4.78 is 32.0. The first-order chi connectivity index (χ1) is 8.02. The molecule has 100 valence electrons. The van der Waals surface area contributed by atoms with Gasteiger partial charge >= 0.3 is 0 Å². The number of ether oxygens (including phenoxy) is 1. The van der Waals surface area contributed by atoms with E-state index < -0.39 is 10.2 Å². The number of nitrogens with one attached hydrogen (secondary N) is 1. The molecule has 0 radical (unpaired) electrons. The monoisotopic (exact) mass is 265 g/mol. The third-order valence-corrected chi connectivity index (χ3v) is 4.63. The number of hydrogen-bond donors (Lipinski definition) is 1. The first kappa shape index (κ1) is 14.4. The van der Waals surface area contributed by atoms with Crippen molar-refractivity contribution in [3.63, 3.8) is 0 Å². The molecule has 1 fully saturated rings. The highest BCUT2D eigenvalue weighted by molar-refractivity contribution is 7.86. The Bertz CT molecular complexity index is 351. The Balaban J connectivity index is 2.74. The fraction of sp³-hybridized carbons (Fsp3) is 0.889. The summed E-state index contributed by atoms with van der Waals surface area (Å²) in [4.78, 5) is 11.3. The van der Waals surface area contributed by atoms with E-state index >= 15 is 0 Å². The van der Waals surface area contributed by atoms with Crippen LogP contribution in [0.25, 0.3) is 0 Å². The molecule has 1 heterocycles. The molecule has 0 saturated carbocycles. The summed E-state index contributed by atoms with van der Waals surface area (Å²) in [6, 6.07) is 0. The van der Waals surface area contributed by atoms with E-state index in [2.05, 4.69) is 5.32 Å². The molecule has 1 amide bonds. The standard InChI is InChI=1S/C9H19N3O4S/c1-3-11(8-9(13)10-2)17(14,15)12-4-6-16-7-5-12/h3-8H2,1-2H3,(H,10,13). The van der Waals surface area contributed by atoms with Crippen molar-refractivity contribution in [2.24, 2.45) is 0 Å². The Morgan fingerprint density at radius 1 is 1.41 bits per heavy atom. The van der Waals surface area contributed by atoms with Gasteiger partial charge in [0.2, 0.25) is 5.91 Å². The van der Waals surface area contributed by atoms with Gasteiger partial charge in [-0.15, -0.1) is 0 Å². The maximum atomic E-state index is 12.2. The second kappa shape index (κ2) is 6.29. The van der Waals surface area contributed by atoms with E-state index in [4.69, 9.17) is 4.74 Å². The van der Waals surface area contributed by atoms with Crippen LogP contribution in [-0.2, 0) is 19.7 Å². The fourth-order valence-corrected chi connectivity index (χ4v) is 3.08. The van der Waals surface area contributed by atoms with Gasteiger partial charge < -0.3 is 10.1 Å². The van der Waals surface area contributed by atoms with Crippen LogP contribution < -0.4 is 5.32 Å². The van der Waals surface area contributed by atoms with Crippen molar-refractivity contribution in [1.82, 2.24) is 13.9 Å². The van der Waals surface area contributed by atoms with Crippen LogP contribution in [0, 0.1) is 0 Å². The topological polar surface area (TPSA) is 79.0 Å². The van der Waals surface area contributed by atoms with Crippen LogP contribution in [0.4, 0.5) is 0 Å². The Morgan fingerprint density at radius 3 is 2.47 bits per heavy atom. The van der Waals surface area contributed by atoms with Gasteiger partial charge in [0.15, 0.2) is 0 Å². The number of morpholine rings is 1.